The van der Waals surface area contributed by atoms with Crippen LogP contribution in [0.1, 0.15) is 115 Å². The minimum atomic E-state index is -0.445. The molecule has 0 amide bonds. The van der Waals surface area contributed by atoms with Gasteiger partial charge in [-0.25, -0.2) is 9.97 Å². The van der Waals surface area contributed by atoms with Gasteiger partial charge >= 0.3 is 0 Å². The van der Waals surface area contributed by atoms with E-state index in [1.807, 2.05) is 109 Å². The lowest BCUT2D eigenvalue weighted by Crippen LogP contribution is -2.31. The van der Waals surface area contributed by atoms with E-state index in [1.54, 1.807) is 4.57 Å². The molecule has 0 fully saturated rings. The fourth-order valence-electron chi connectivity index (χ4n) is 6.95. The van der Waals surface area contributed by atoms with Crippen LogP contribution in [0.15, 0.2) is 107 Å². The van der Waals surface area contributed by atoms with Crippen molar-refractivity contribution >= 4 is 21.8 Å². The zero-order chi connectivity index (χ0) is 40.9. The summed E-state index contributed by atoms with van der Waals surface area (Å²) in [6.07, 6.45) is 0. The molecule has 0 bridgehead atoms. The van der Waals surface area contributed by atoms with Gasteiger partial charge in [-0.15, -0.1) is 0 Å². The maximum absolute atomic E-state index is 13.4. The topological polar surface area (TPSA) is 120 Å². The number of rotatable bonds is 9. The van der Waals surface area contributed by atoms with Crippen molar-refractivity contribution in [3.8, 4) is 6.07 Å². The quantitative estimate of drug-likeness (QED) is 0.157. The average molecular weight is 751 g/mol. The first-order valence-electron chi connectivity index (χ1n) is 19.7. The molecule has 8 nitrogen and oxygen atoms in total. The third-order valence-corrected chi connectivity index (χ3v) is 10.5. The van der Waals surface area contributed by atoms with E-state index < -0.39 is 5.92 Å². The fraction of sp³-hybridized carbons (Fsp3) is 0.396. The Bertz CT molecular complexity index is 2440. The van der Waals surface area contributed by atoms with Crippen molar-refractivity contribution < 1.29 is 0 Å². The molecule has 2 heterocycles. The maximum atomic E-state index is 13.4. The lowest BCUT2D eigenvalue weighted by atomic mass is 9.86. The number of nitrogens with two attached hydrogens (primary N) is 1. The van der Waals surface area contributed by atoms with Crippen LogP contribution >= 0.6 is 0 Å². The van der Waals surface area contributed by atoms with E-state index in [-0.39, 0.29) is 33.8 Å². The van der Waals surface area contributed by atoms with Gasteiger partial charge in [-0.05, 0) is 69.2 Å². The Morgan fingerprint density at radius 1 is 0.625 bits per heavy atom. The normalized spacial score (nSPS) is 13.1. The van der Waals surface area contributed by atoms with Gasteiger partial charge in [0.05, 0.1) is 41.0 Å². The van der Waals surface area contributed by atoms with Gasteiger partial charge in [0.1, 0.15) is 17.6 Å². The van der Waals surface area contributed by atoms with Crippen LogP contribution in [0.2, 0.25) is 0 Å². The Balaban J connectivity index is 0.000000214. The predicted octanol–water partition coefficient (Wildman–Crippen LogP) is 9.45. The number of benzene rings is 4. The Kier molecular flexibility index (Phi) is 12.8. The van der Waals surface area contributed by atoms with Crippen molar-refractivity contribution in [1.29, 1.82) is 5.26 Å². The number of aromatic nitrogens is 4. The van der Waals surface area contributed by atoms with E-state index in [1.165, 1.54) is 5.56 Å². The smallest absolute Gasteiger partial charge is 0.261 e. The molecule has 0 aliphatic rings. The zero-order valence-electron chi connectivity index (χ0n) is 34.8. The van der Waals surface area contributed by atoms with Gasteiger partial charge in [0.25, 0.3) is 11.1 Å². The lowest BCUT2D eigenvalue weighted by Gasteiger charge is -2.24. The van der Waals surface area contributed by atoms with Crippen LogP contribution in [-0.4, -0.2) is 25.6 Å². The number of fused-ring (bicyclic) bond motifs is 2. The molecule has 56 heavy (non-hydrogen) atoms. The van der Waals surface area contributed by atoms with Gasteiger partial charge in [-0.1, -0.05) is 142 Å². The Labute approximate surface area is 332 Å². The molecule has 8 heteroatoms. The Morgan fingerprint density at radius 2 is 1.04 bits per heavy atom. The molecule has 292 valence electrons. The standard InChI is InChI=1S/C24H31N3O.C24H27N3O/c2*1-16(2)20(14-25)22-26-21-13-18(24(3,4)5)11-12-19(21)23(28)27(22)15-17-9-7-6-8-10-17/h6-13,16,20H,14-15,25H2,1-5H3;6-13,16,20H,15H2,1-5H3. The molecule has 0 aliphatic carbocycles. The monoisotopic (exact) mass is 750 g/mol. The molecule has 0 saturated heterocycles. The average Bonchev–Trinajstić information content (AvgIpc) is 3.15. The van der Waals surface area contributed by atoms with Crippen LogP contribution in [0.3, 0.4) is 0 Å². The van der Waals surface area contributed by atoms with E-state index >= 15 is 0 Å². The molecule has 2 atom stereocenters. The molecular formula is C48H58N6O2. The highest BCUT2D eigenvalue weighted by molar-refractivity contribution is 5.79. The third kappa shape index (κ3) is 9.34. The predicted molar refractivity (Wildman–Crippen MR) is 230 cm³/mol. The van der Waals surface area contributed by atoms with Crippen LogP contribution < -0.4 is 16.9 Å². The molecule has 0 saturated carbocycles. The molecule has 2 N–H and O–H groups in total. The van der Waals surface area contributed by atoms with Gasteiger partial charge in [0.15, 0.2) is 0 Å². The van der Waals surface area contributed by atoms with Gasteiger partial charge < -0.3 is 5.73 Å². The summed E-state index contributed by atoms with van der Waals surface area (Å²) in [5.74, 6) is 1.26. The van der Waals surface area contributed by atoms with Gasteiger partial charge in [0.2, 0.25) is 0 Å². The first kappa shape index (κ1) is 41.8. The molecule has 4 aromatic carbocycles. The van der Waals surface area contributed by atoms with Crippen molar-refractivity contribution in [3.63, 3.8) is 0 Å². The zero-order valence-corrected chi connectivity index (χ0v) is 34.8. The summed E-state index contributed by atoms with van der Waals surface area (Å²) in [6.45, 7) is 22.5. The second-order valence-electron chi connectivity index (χ2n) is 17.6. The van der Waals surface area contributed by atoms with Crippen molar-refractivity contribution in [2.75, 3.05) is 6.54 Å². The number of nitriles is 1. The molecule has 6 aromatic rings. The van der Waals surface area contributed by atoms with Crippen molar-refractivity contribution in [3.05, 3.63) is 152 Å². The molecule has 6 rings (SSSR count). The first-order chi connectivity index (χ1) is 26.4. The number of nitrogens with zero attached hydrogens (tertiary/aromatic N) is 5. The maximum Gasteiger partial charge on any atom is 0.261 e. The van der Waals surface area contributed by atoms with Crippen molar-refractivity contribution in [2.45, 2.75) is 105 Å². The van der Waals surface area contributed by atoms with E-state index in [4.69, 9.17) is 15.7 Å². The summed E-state index contributed by atoms with van der Waals surface area (Å²) < 4.78 is 3.48. The lowest BCUT2D eigenvalue weighted by molar-refractivity contribution is 0.458. The molecule has 0 radical (unpaired) electrons. The van der Waals surface area contributed by atoms with Gasteiger partial charge in [-0.2, -0.15) is 5.26 Å². The fourth-order valence-corrected chi connectivity index (χ4v) is 6.95. The summed E-state index contributed by atoms with van der Waals surface area (Å²) in [6, 6.07) is 34.1. The van der Waals surface area contributed by atoms with E-state index in [2.05, 4.69) is 67.5 Å². The van der Waals surface area contributed by atoms with Crippen LogP contribution in [-0.2, 0) is 23.9 Å². The second-order valence-corrected chi connectivity index (χ2v) is 17.6. The summed E-state index contributed by atoms with van der Waals surface area (Å²) in [4.78, 5) is 36.6. The largest absolute Gasteiger partial charge is 0.330 e. The summed E-state index contributed by atoms with van der Waals surface area (Å²) in [5, 5.41) is 11.0. The van der Waals surface area contributed by atoms with Gasteiger partial charge in [-0.3, -0.25) is 18.7 Å². The Morgan fingerprint density at radius 3 is 1.39 bits per heavy atom. The minimum absolute atomic E-state index is 0.000249. The second kappa shape index (κ2) is 17.2. The van der Waals surface area contributed by atoms with Crippen molar-refractivity contribution in [1.82, 2.24) is 19.1 Å². The van der Waals surface area contributed by atoms with Crippen LogP contribution in [0, 0.1) is 23.2 Å². The van der Waals surface area contributed by atoms with Crippen LogP contribution in [0.5, 0.6) is 0 Å². The minimum Gasteiger partial charge on any atom is -0.330 e. The summed E-state index contributed by atoms with van der Waals surface area (Å²) in [7, 11) is 0. The summed E-state index contributed by atoms with van der Waals surface area (Å²) >= 11 is 0. The first-order valence-corrected chi connectivity index (χ1v) is 19.7. The van der Waals surface area contributed by atoms with Crippen molar-refractivity contribution in [2.24, 2.45) is 17.6 Å². The molecule has 2 aromatic heterocycles. The highest BCUT2D eigenvalue weighted by Crippen LogP contribution is 2.29. The third-order valence-electron chi connectivity index (χ3n) is 10.5. The highest BCUT2D eigenvalue weighted by atomic mass is 16.1. The molecule has 2 unspecified atom stereocenters. The molecule has 0 spiro atoms. The van der Waals surface area contributed by atoms with E-state index in [0.29, 0.717) is 47.7 Å². The SMILES string of the molecule is CC(C)C(C#N)c1nc2cc(C(C)(C)C)ccc2c(=O)n1Cc1ccccc1.CC(C)C(CN)c1nc2cc(C(C)(C)C)ccc2c(=O)n1Cc1ccccc1. The van der Waals surface area contributed by atoms with Crippen LogP contribution in [0.4, 0.5) is 0 Å². The van der Waals surface area contributed by atoms with E-state index in [0.717, 1.165) is 28.0 Å². The van der Waals surface area contributed by atoms with Gasteiger partial charge in [0, 0.05) is 12.5 Å². The highest BCUT2D eigenvalue weighted by Gasteiger charge is 2.25. The number of hydrogen-bond acceptors (Lipinski definition) is 6. The molecule has 0 aliphatic heterocycles. The number of hydrogen-bond donors (Lipinski definition) is 1. The van der Waals surface area contributed by atoms with E-state index in [9.17, 15) is 14.9 Å². The summed E-state index contributed by atoms with van der Waals surface area (Å²) in [5.41, 5.74) is 11.8. The Hall–Kier alpha value is -5.39. The molecular weight excluding hydrogens is 693 g/mol. The van der Waals surface area contributed by atoms with Crippen LogP contribution in [0.25, 0.3) is 21.8 Å².